The van der Waals surface area contributed by atoms with Gasteiger partial charge in [-0.25, -0.2) is 0 Å². The minimum Gasteiger partial charge on any atom is -0.493 e. The van der Waals surface area contributed by atoms with Gasteiger partial charge in [-0.2, -0.15) is 0 Å². The maximum Gasteiger partial charge on any atom is 0.125 e. The number of unbranched alkanes of at least 4 members (excludes halogenated alkanes) is 5. The molecular formula is C24H40N2O3. The van der Waals surface area contributed by atoms with Crippen molar-refractivity contribution in [2.24, 2.45) is 5.16 Å². The van der Waals surface area contributed by atoms with Crippen LogP contribution in [0.4, 0.5) is 0 Å². The molecule has 0 aliphatic heterocycles. The lowest BCUT2D eigenvalue weighted by atomic mass is 10.1. The highest BCUT2D eigenvalue weighted by molar-refractivity contribution is 5.83. The van der Waals surface area contributed by atoms with Crippen LogP contribution < -0.4 is 14.8 Å². The van der Waals surface area contributed by atoms with E-state index < -0.39 is 0 Å². The Morgan fingerprint density at radius 3 is 2.31 bits per heavy atom. The van der Waals surface area contributed by atoms with Gasteiger partial charge in [-0.1, -0.05) is 43.0 Å². The van der Waals surface area contributed by atoms with Gasteiger partial charge in [0.25, 0.3) is 0 Å². The van der Waals surface area contributed by atoms with E-state index in [2.05, 4.69) is 36.5 Å². The third-order valence-electron chi connectivity index (χ3n) is 4.64. The van der Waals surface area contributed by atoms with E-state index in [9.17, 15) is 0 Å². The number of ether oxygens (including phenoxy) is 2. The van der Waals surface area contributed by atoms with Crippen molar-refractivity contribution in [2.45, 2.75) is 66.2 Å². The maximum atomic E-state index is 6.05. The van der Waals surface area contributed by atoms with Crippen molar-refractivity contribution >= 4 is 5.71 Å². The summed E-state index contributed by atoms with van der Waals surface area (Å²) in [6.07, 6.45) is 11.3. The first-order valence-corrected chi connectivity index (χ1v) is 10.8. The quantitative estimate of drug-likeness (QED) is 0.169. The Bertz CT molecular complexity index is 604. The zero-order chi connectivity index (χ0) is 21.3. The Hall–Kier alpha value is -2.01. The first-order valence-electron chi connectivity index (χ1n) is 10.8. The molecule has 0 fully saturated rings. The fraction of sp³-hybridized carbons (Fsp3) is 0.625. The van der Waals surface area contributed by atoms with Crippen LogP contribution in [-0.4, -0.2) is 39.1 Å². The van der Waals surface area contributed by atoms with Crippen LogP contribution in [0, 0.1) is 13.8 Å². The summed E-state index contributed by atoms with van der Waals surface area (Å²) < 4.78 is 11.8. The molecule has 0 aliphatic carbocycles. The molecule has 0 saturated carbocycles. The van der Waals surface area contributed by atoms with Gasteiger partial charge in [0.1, 0.15) is 25.2 Å². The average molecular weight is 405 g/mol. The predicted molar refractivity (Wildman–Crippen MR) is 122 cm³/mol. The van der Waals surface area contributed by atoms with Gasteiger partial charge in [0.05, 0.1) is 12.3 Å². The van der Waals surface area contributed by atoms with Crippen LogP contribution in [0.25, 0.3) is 0 Å². The summed E-state index contributed by atoms with van der Waals surface area (Å²) >= 11 is 0. The number of hydrogen-bond donors (Lipinski definition) is 1. The molecule has 1 rings (SSSR count). The lowest BCUT2D eigenvalue weighted by Gasteiger charge is -2.14. The van der Waals surface area contributed by atoms with E-state index in [1.54, 1.807) is 7.11 Å². The topological polar surface area (TPSA) is 52.1 Å². The van der Waals surface area contributed by atoms with Crippen LogP contribution in [0.15, 0.2) is 29.4 Å². The summed E-state index contributed by atoms with van der Waals surface area (Å²) in [6.45, 7) is 11.3. The number of rotatable bonds is 16. The zero-order valence-electron chi connectivity index (χ0n) is 19.1. The second kappa shape index (κ2) is 15.9. The van der Waals surface area contributed by atoms with Gasteiger partial charge in [0, 0.05) is 6.54 Å². The summed E-state index contributed by atoms with van der Waals surface area (Å²) in [4.78, 5) is 4.74. The third-order valence-corrected chi connectivity index (χ3v) is 4.64. The first-order chi connectivity index (χ1) is 14.1. The zero-order valence-corrected chi connectivity index (χ0v) is 19.1. The van der Waals surface area contributed by atoms with Crippen LogP contribution in [0.2, 0.25) is 0 Å². The standard InChI is InChI=1S/C24H40N2O3/c1-6-7-15-28-23-17-20(2)24(21(3)18-23)29-16-13-11-9-8-10-12-14-25-19-22(4)26-27-5/h6-7,17-18,25H,8-16,19H2,1-5H3/b7-6+,26-22+. The van der Waals surface area contributed by atoms with Crippen LogP contribution in [0.1, 0.15) is 63.5 Å². The second-order valence-electron chi connectivity index (χ2n) is 7.42. The molecule has 0 atom stereocenters. The predicted octanol–water partition coefficient (Wildman–Crippen LogP) is 5.59. The SMILES string of the molecule is C/C=C/COc1cc(C)c(OCCCCCCCCNC/C(C)=N/OC)c(C)c1. The minimum atomic E-state index is 0.605. The molecule has 29 heavy (non-hydrogen) atoms. The van der Waals surface area contributed by atoms with Crippen molar-refractivity contribution in [2.75, 3.05) is 33.4 Å². The molecule has 0 amide bonds. The highest BCUT2D eigenvalue weighted by atomic mass is 16.6. The molecule has 5 heteroatoms. The molecular weight excluding hydrogens is 364 g/mol. The van der Waals surface area contributed by atoms with Crippen molar-refractivity contribution in [3.63, 3.8) is 0 Å². The molecule has 5 nitrogen and oxygen atoms in total. The number of nitrogens with one attached hydrogen (secondary N) is 1. The van der Waals surface area contributed by atoms with E-state index in [1.807, 2.05) is 26.0 Å². The lowest BCUT2D eigenvalue weighted by molar-refractivity contribution is 0.212. The first kappa shape index (κ1) is 25.0. The van der Waals surface area contributed by atoms with E-state index >= 15 is 0 Å². The molecule has 1 aromatic carbocycles. The van der Waals surface area contributed by atoms with Gasteiger partial charge in [-0.3, -0.25) is 0 Å². The second-order valence-corrected chi connectivity index (χ2v) is 7.42. The molecule has 0 aromatic heterocycles. The fourth-order valence-electron chi connectivity index (χ4n) is 3.15. The number of allylic oxidation sites excluding steroid dienone is 1. The Balaban J connectivity index is 2.11. The number of benzene rings is 1. The van der Waals surface area contributed by atoms with Gasteiger partial charge in [-0.15, -0.1) is 0 Å². The molecule has 0 unspecified atom stereocenters. The van der Waals surface area contributed by atoms with Gasteiger partial charge in [0.15, 0.2) is 0 Å². The molecule has 0 spiro atoms. The van der Waals surface area contributed by atoms with E-state index in [0.717, 1.165) is 54.5 Å². The largest absolute Gasteiger partial charge is 0.493 e. The Morgan fingerprint density at radius 1 is 1.00 bits per heavy atom. The van der Waals surface area contributed by atoms with Crippen LogP contribution in [0.5, 0.6) is 11.5 Å². The van der Waals surface area contributed by atoms with Gasteiger partial charge in [-0.05, 0) is 70.3 Å². The normalized spacial score (nSPS) is 11.8. The van der Waals surface area contributed by atoms with Crippen molar-refractivity contribution in [1.29, 1.82) is 0 Å². The number of hydrogen-bond acceptors (Lipinski definition) is 5. The maximum absolute atomic E-state index is 6.05. The Kier molecular flexibility index (Phi) is 13.7. The monoisotopic (exact) mass is 404 g/mol. The fourth-order valence-corrected chi connectivity index (χ4v) is 3.15. The van der Waals surface area contributed by atoms with Gasteiger partial charge >= 0.3 is 0 Å². The number of oxime groups is 1. The summed E-state index contributed by atoms with van der Waals surface area (Å²) in [5.41, 5.74) is 3.26. The number of aryl methyl sites for hydroxylation is 2. The smallest absolute Gasteiger partial charge is 0.125 e. The Labute approximate surface area is 177 Å². The van der Waals surface area contributed by atoms with Crippen molar-refractivity contribution in [3.8, 4) is 11.5 Å². The molecule has 0 bridgehead atoms. The van der Waals surface area contributed by atoms with E-state index in [-0.39, 0.29) is 0 Å². The van der Waals surface area contributed by atoms with Crippen LogP contribution in [0.3, 0.4) is 0 Å². The summed E-state index contributed by atoms with van der Waals surface area (Å²) in [7, 11) is 1.58. The van der Waals surface area contributed by atoms with Crippen LogP contribution in [-0.2, 0) is 4.84 Å². The molecule has 1 N–H and O–H groups in total. The van der Waals surface area contributed by atoms with E-state index in [1.165, 1.54) is 32.1 Å². The molecule has 0 radical (unpaired) electrons. The van der Waals surface area contributed by atoms with E-state index in [4.69, 9.17) is 14.3 Å². The lowest BCUT2D eigenvalue weighted by Crippen LogP contribution is -2.22. The highest BCUT2D eigenvalue weighted by Crippen LogP contribution is 2.28. The molecule has 0 saturated heterocycles. The average Bonchev–Trinajstić information content (AvgIpc) is 2.68. The van der Waals surface area contributed by atoms with Gasteiger partial charge in [0.2, 0.25) is 0 Å². The van der Waals surface area contributed by atoms with Gasteiger partial charge < -0.3 is 19.6 Å². The van der Waals surface area contributed by atoms with Crippen molar-refractivity contribution in [1.82, 2.24) is 5.32 Å². The van der Waals surface area contributed by atoms with Crippen molar-refractivity contribution < 1.29 is 14.3 Å². The molecule has 164 valence electrons. The third kappa shape index (κ3) is 11.5. The van der Waals surface area contributed by atoms with Crippen LogP contribution >= 0.6 is 0 Å². The molecule has 1 aromatic rings. The minimum absolute atomic E-state index is 0.605. The van der Waals surface area contributed by atoms with E-state index in [0.29, 0.717) is 6.61 Å². The Morgan fingerprint density at radius 2 is 1.66 bits per heavy atom. The molecule has 0 aliphatic rings. The highest BCUT2D eigenvalue weighted by Gasteiger charge is 2.07. The summed E-state index contributed by atoms with van der Waals surface area (Å²) in [6, 6.07) is 4.12. The summed E-state index contributed by atoms with van der Waals surface area (Å²) in [5, 5.41) is 7.27. The van der Waals surface area contributed by atoms with Crippen molar-refractivity contribution in [3.05, 3.63) is 35.4 Å². The summed E-state index contributed by atoms with van der Waals surface area (Å²) in [5.74, 6) is 1.91. The number of nitrogens with zero attached hydrogens (tertiary/aromatic N) is 1. The molecule has 0 heterocycles.